The Bertz CT molecular complexity index is 272. The van der Waals surface area contributed by atoms with Gasteiger partial charge in [-0.05, 0) is 31.6 Å². The molecule has 0 heterocycles. The lowest BCUT2D eigenvalue weighted by Gasteiger charge is -2.20. The number of aliphatic carboxylic acids is 1. The maximum Gasteiger partial charge on any atom is 0.323 e. The molecule has 5 nitrogen and oxygen atoms in total. The number of amides is 2. The van der Waals surface area contributed by atoms with Gasteiger partial charge in [0.25, 0.3) is 0 Å². The predicted molar refractivity (Wildman–Crippen MR) is 53.5 cm³/mol. The zero-order valence-electron chi connectivity index (χ0n) is 8.61. The van der Waals surface area contributed by atoms with Crippen molar-refractivity contribution in [1.82, 2.24) is 10.2 Å². The van der Waals surface area contributed by atoms with Crippen LogP contribution in [0.5, 0.6) is 0 Å². The van der Waals surface area contributed by atoms with E-state index in [0.29, 0.717) is 12.5 Å². The second-order valence-electron chi connectivity index (χ2n) is 4.44. The highest BCUT2D eigenvalue weighted by molar-refractivity contribution is 5.80. The molecule has 15 heavy (non-hydrogen) atoms. The summed E-state index contributed by atoms with van der Waals surface area (Å²) in [6.07, 6.45) is 4.28. The molecule has 0 aromatic carbocycles. The smallest absolute Gasteiger partial charge is 0.323 e. The van der Waals surface area contributed by atoms with Gasteiger partial charge in [-0.2, -0.15) is 0 Å². The highest BCUT2D eigenvalue weighted by Crippen LogP contribution is 2.29. The van der Waals surface area contributed by atoms with Crippen molar-refractivity contribution in [3.05, 3.63) is 0 Å². The molecular formula is C10H16N2O3. The fourth-order valence-electron chi connectivity index (χ4n) is 1.49. The summed E-state index contributed by atoms with van der Waals surface area (Å²) >= 11 is 0. The number of carbonyl (C=O) groups is 2. The fourth-order valence-corrected chi connectivity index (χ4v) is 1.49. The summed E-state index contributed by atoms with van der Waals surface area (Å²) in [4.78, 5) is 23.7. The monoisotopic (exact) mass is 212 g/mol. The van der Waals surface area contributed by atoms with Gasteiger partial charge in [0.15, 0.2) is 0 Å². The van der Waals surface area contributed by atoms with Crippen molar-refractivity contribution in [2.45, 2.75) is 31.7 Å². The highest BCUT2D eigenvalue weighted by atomic mass is 16.4. The number of carboxylic acids is 1. The van der Waals surface area contributed by atoms with Crippen LogP contribution in [0.1, 0.15) is 25.7 Å². The van der Waals surface area contributed by atoms with E-state index in [9.17, 15) is 9.59 Å². The third kappa shape index (κ3) is 3.42. The normalized spacial score (nSPS) is 19.7. The number of urea groups is 1. The molecule has 5 heteroatoms. The van der Waals surface area contributed by atoms with E-state index in [1.807, 2.05) is 0 Å². The number of carboxylic acid groups (broad SMARTS) is 1. The Labute approximate surface area is 88.4 Å². The minimum atomic E-state index is -0.943. The molecular weight excluding hydrogens is 196 g/mol. The van der Waals surface area contributed by atoms with Gasteiger partial charge in [0.05, 0.1) is 0 Å². The molecule has 2 aliphatic rings. The molecule has 2 N–H and O–H groups in total. The lowest BCUT2D eigenvalue weighted by atomic mass is 10.3. The predicted octanol–water partition coefficient (Wildman–Crippen LogP) is 0.655. The van der Waals surface area contributed by atoms with E-state index in [1.165, 1.54) is 4.90 Å². The molecule has 0 radical (unpaired) electrons. The molecule has 0 atom stereocenters. The molecule has 0 aromatic rings. The summed E-state index contributed by atoms with van der Waals surface area (Å²) in [6, 6.07) is 0.0693. The van der Waals surface area contributed by atoms with E-state index in [2.05, 4.69) is 5.32 Å². The number of nitrogens with one attached hydrogen (secondary N) is 1. The number of hydrogen-bond acceptors (Lipinski definition) is 2. The Kier molecular flexibility index (Phi) is 2.79. The van der Waals surface area contributed by atoms with Crippen LogP contribution in [0, 0.1) is 5.92 Å². The quantitative estimate of drug-likeness (QED) is 0.703. The van der Waals surface area contributed by atoms with Crippen LogP contribution in [-0.2, 0) is 4.79 Å². The van der Waals surface area contributed by atoms with Crippen molar-refractivity contribution in [3.8, 4) is 0 Å². The second-order valence-corrected chi connectivity index (χ2v) is 4.44. The molecule has 0 bridgehead atoms. The van der Waals surface area contributed by atoms with Gasteiger partial charge in [0.1, 0.15) is 6.54 Å². The standard InChI is InChI=1S/C10H16N2O3/c13-9(14)6-12(5-7-1-2-7)10(15)11-8-3-4-8/h7-8H,1-6H2,(H,11,15)(H,13,14). The molecule has 2 fully saturated rings. The zero-order chi connectivity index (χ0) is 10.8. The molecule has 0 spiro atoms. The molecule has 2 aliphatic carbocycles. The number of rotatable bonds is 5. The lowest BCUT2D eigenvalue weighted by Crippen LogP contribution is -2.44. The van der Waals surface area contributed by atoms with Gasteiger partial charge in [-0.25, -0.2) is 4.79 Å². The van der Waals surface area contributed by atoms with Gasteiger partial charge in [0, 0.05) is 12.6 Å². The van der Waals surface area contributed by atoms with Gasteiger partial charge >= 0.3 is 12.0 Å². The van der Waals surface area contributed by atoms with Crippen molar-refractivity contribution >= 4 is 12.0 Å². The van der Waals surface area contributed by atoms with Crippen LogP contribution in [0.4, 0.5) is 4.79 Å². The van der Waals surface area contributed by atoms with Crippen molar-refractivity contribution in [2.24, 2.45) is 5.92 Å². The first kappa shape index (κ1) is 10.3. The first-order valence-corrected chi connectivity index (χ1v) is 5.42. The van der Waals surface area contributed by atoms with Crippen molar-refractivity contribution in [1.29, 1.82) is 0 Å². The number of carbonyl (C=O) groups excluding carboxylic acids is 1. The van der Waals surface area contributed by atoms with Gasteiger partial charge in [-0.3, -0.25) is 4.79 Å². The van der Waals surface area contributed by atoms with Crippen LogP contribution in [0.25, 0.3) is 0 Å². The summed E-state index contributed by atoms with van der Waals surface area (Å²) in [6.45, 7) is 0.403. The third-order valence-electron chi connectivity index (χ3n) is 2.69. The van der Waals surface area contributed by atoms with Gasteiger partial charge in [-0.1, -0.05) is 0 Å². The molecule has 0 aromatic heterocycles. The molecule has 84 valence electrons. The summed E-state index contributed by atoms with van der Waals surface area (Å²) in [5.74, 6) is -0.420. The fraction of sp³-hybridized carbons (Fsp3) is 0.800. The first-order chi connectivity index (χ1) is 7.15. The van der Waals surface area contributed by atoms with Crippen molar-refractivity contribution < 1.29 is 14.7 Å². The van der Waals surface area contributed by atoms with Crippen molar-refractivity contribution in [3.63, 3.8) is 0 Å². The lowest BCUT2D eigenvalue weighted by molar-refractivity contribution is -0.137. The summed E-state index contributed by atoms with van der Waals surface area (Å²) in [5.41, 5.74) is 0. The van der Waals surface area contributed by atoms with E-state index in [1.54, 1.807) is 0 Å². The first-order valence-electron chi connectivity index (χ1n) is 5.42. The van der Waals surface area contributed by atoms with E-state index in [-0.39, 0.29) is 18.6 Å². The highest BCUT2D eigenvalue weighted by Gasteiger charge is 2.30. The number of nitrogens with zero attached hydrogens (tertiary/aromatic N) is 1. The van der Waals surface area contributed by atoms with Crippen LogP contribution in [0.15, 0.2) is 0 Å². The second kappa shape index (κ2) is 4.08. The maximum atomic E-state index is 11.6. The Balaban J connectivity index is 1.82. The van der Waals surface area contributed by atoms with E-state index in [4.69, 9.17) is 5.11 Å². The van der Waals surface area contributed by atoms with E-state index < -0.39 is 5.97 Å². The van der Waals surface area contributed by atoms with Crippen LogP contribution in [0.3, 0.4) is 0 Å². The average Bonchev–Trinajstić information content (AvgIpc) is 2.94. The zero-order valence-corrected chi connectivity index (χ0v) is 8.61. The minimum Gasteiger partial charge on any atom is -0.480 e. The average molecular weight is 212 g/mol. The van der Waals surface area contributed by atoms with Crippen LogP contribution >= 0.6 is 0 Å². The minimum absolute atomic E-state index is 0.185. The van der Waals surface area contributed by atoms with E-state index in [0.717, 1.165) is 25.7 Å². The summed E-state index contributed by atoms with van der Waals surface area (Å²) in [5, 5.41) is 11.5. The van der Waals surface area contributed by atoms with Gasteiger partial charge < -0.3 is 15.3 Å². The van der Waals surface area contributed by atoms with Crippen LogP contribution in [0.2, 0.25) is 0 Å². The maximum absolute atomic E-state index is 11.6. The molecule has 0 aliphatic heterocycles. The molecule has 0 unspecified atom stereocenters. The summed E-state index contributed by atoms with van der Waals surface area (Å²) < 4.78 is 0. The van der Waals surface area contributed by atoms with Crippen LogP contribution in [-0.4, -0.2) is 41.1 Å². The number of hydrogen-bond donors (Lipinski definition) is 2. The SMILES string of the molecule is O=C(O)CN(CC1CC1)C(=O)NC1CC1. The largest absolute Gasteiger partial charge is 0.480 e. The molecule has 2 rings (SSSR count). The van der Waals surface area contributed by atoms with Crippen molar-refractivity contribution in [2.75, 3.05) is 13.1 Å². The topological polar surface area (TPSA) is 69.6 Å². The molecule has 0 saturated heterocycles. The Morgan fingerprint density at radius 3 is 2.40 bits per heavy atom. The van der Waals surface area contributed by atoms with Crippen LogP contribution < -0.4 is 5.32 Å². The van der Waals surface area contributed by atoms with Gasteiger partial charge in [-0.15, -0.1) is 0 Å². The summed E-state index contributed by atoms with van der Waals surface area (Å²) in [7, 11) is 0. The Morgan fingerprint density at radius 1 is 1.27 bits per heavy atom. The third-order valence-corrected chi connectivity index (χ3v) is 2.69. The molecule has 2 amide bonds. The Hall–Kier alpha value is -1.26. The van der Waals surface area contributed by atoms with Gasteiger partial charge in [0.2, 0.25) is 0 Å². The Morgan fingerprint density at radius 2 is 1.93 bits per heavy atom. The molecule has 2 saturated carbocycles. The van der Waals surface area contributed by atoms with E-state index >= 15 is 0 Å².